The second-order valence-electron chi connectivity index (χ2n) is 4.11. The Morgan fingerprint density at radius 1 is 1.33 bits per heavy atom. The van der Waals surface area contributed by atoms with Crippen molar-refractivity contribution in [1.29, 1.82) is 0 Å². The van der Waals surface area contributed by atoms with Crippen molar-refractivity contribution in [3.05, 3.63) is 60.9 Å². The highest BCUT2D eigenvalue weighted by atomic mass is 16.1. The topological polar surface area (TPSA) is 34.9 Å². The molecule has 1 aromatic carbocycles. The van der Waals surface area contributed by atoms with Crippen LogP contribution in [0.2, 0.25) is 0 Å². The normalized spacial score (nSPS) is 10.2. The van der Waals surface area contributed by atoms with Gasteiger partial charge >= 0.3 is 0 Å². The number of carbonyl (C=O) groups excluding carboxylic acids is 1. The first-order valence-corrected chi connectivity index (χ1v) is 6.05. The van der Waals surface area contributed by atoms with Crippen LogP contribution in [0.4, 0.5) is 0 Å². The van der Waals surface area contributed by atoms with Crippen LogP contribution in [0.5, 0.6) is 0 Å². The Labute approximate surface area is 107 Å². The maximum Gasteiger partial charge on any atom is 0.166 e. The molecule has 0 aliphatic heterocycles. The minimum Gasteiger partial charge on any atom is -0.294 e. The summed E-state index contributed by atoms with van der Waals surface area (Å²) in [5.41, 5.74) is 1.63. The van der Waals surface area contributed by atoms with E-state index < -0.39 is 0 Å². The molecule has 0 saturated carbocycles. The van der Waals surface area contributed by atoms with Crippen molar-refractivity contribution in [2.24, 2.45) is 0 Å². The fourth-order valence-electron chi connectivity index (χ4n) is 1.74. The van der Waals surface area contributed by atoms with E-state index in [1.165, 1.54) is 0 Å². The van der Waals surface area contributed by atoms with Gasteiger partial charge in [0.1, 0.15) is 0 Å². The van der Waals surface area contributed by atoms with Crippen LogP contribution >= 0.6 is 0 Å². The molecule has 0 amide bonds. The van der Waals surface area contributed by atoms with Gasteiger partial charge in [0, 0.05) is 12.6 Å². The number of benzene rings is 1. The lowest BCUT2D eigenvalue weighted by Gasteiger charge is -1.99. The summed E-state index contributed by atoms with van der Waals surface area (Å²) >= 11 is 0. The average Bonchev–Trinajstić information content (AvgIpc) is 2.89. The zero-order chi connectivity index (χ0) is 12.8. The highest BCUT2D eigenvalue weighted by Crippen LogP contribution is 2.10. The van der Waals surface area contributed by atoms with Crippen molar-refractivity contribution < 1.29 is 4.79 Å². The molecule has 0 aliphatic rings. The maximum atomic E-state index is 11.9. The molecule has 0 spiro atoms. The summed E-state index contributed by atoms with van der Waals surface area (Å²) in [7, 11) is 0. The molecule has 2 rings (SSSR count). The number of rotatable bonds is 6. The molecular weight excluding hydrogens is 224 g/mol. The molecule has 2 aromatic rings. The smallest absolute Gasteiger partial charge is 0.166 e. The summed E-state index contributed by atoms with van der Waals surface area (Å²) in [4.78, 5) is 11.9. The molecule has 0 unspecified atom stereocenters. The average molecular weight is 240 g/mol. The number of hydrogen-bond donors (Lipinski definition) is 0. The Balaban J connectivity index is 2.06. The van der Waals surface area contributed by atoms with Gasteiger partial charge in [-0.05, 0) is 25.0 Å². The van der Waals surface area contributed by atoms with Crippen LogP contribution in [0.15, 0.2) is 55.4 Å². The van der Waals surface area contributed by atoms with Crippen molar-refractivity contribution in [1.82, 2.24) is 9.78 Å². The van der Waals surface area contributed by atoms with E-state index in [0.717, 1.165) is 18.5 Å². The van der Waals surface area contributed by atoms with Gasteiger partial charge in [0.2, 0.25) is 0 Å². The molecule has 0 fully saturated rings. The first kappa shape index (κ1) is 12.3. The molecule has 18 heavy (non-hydrogen) atoms. The zero-order valence-corrected chi connectivity index (χ0v) is 10.2. The minimum atomic E-state index is 0.138. The van der Waals surface area contributed by atoms with E-state index in [1.807, 2.05) is 36.4 Å². The number of carbonyl (C=O) groups is 1. The van der Waals surface area contributed by atoms with Crippen LogP contribution < -0.4 is 0 Å². The predicted octanol–water partition coefficient (Wildman–Crippen LogP) is 3.41. The van der Waals surface area contributed by atoms with Gasteiger partial charge in [0.15, 0.2) is 5.78 Å². The molecule has 0 N–H and O–H groups in total. The number of para-hydroxylation sites is 1. The maximum absolute atomic E-state index is 11.9. The van der Waals surface area contributed by atoms with Crippen molar-refractivity contribution in [2.45, 2.75) is 19.3 Å². The zero-order valence-electron chi connectivity index (χ0n) is 10.2. The Bertz CT molecular complexity index is 528. The van der Waals surface area contributed by atoms with Crippen LogP contribution in [0, 0.1) is 0 Å². The van der Waals surface area contributed by atoms with Crippen LogP contribution in [0.3, 0.4) is 0 Å². The monoisotopic (exact) mass is 240 g/mol. The highest BCUT2D eigenvalue weighted by molar-refractivity contribution is 5.95. The largest absolute Gasteiger partial charge is 0.294 e. The first-order chi connectivity index (χ1) is 8.81. The molecule has 1 aromatic heterocycles. The van der Waals surface area contributed by atoms with E-state index in [1.54, 1.807) is 17.1 Å². The van der Waals surface area contributed by atoms with E-state index >= 15 is 0 Å². The van der Waals surface area contributed by atoms with E-state index in [-0.39, 0.29) is 5.78 Å². The van der Waals surface area contributed by atoms with Gasteiger partial charge in [-0.25, -0.2) is 4.68 Å². The van der Waals surface area contributed by atoms with E-state index in [0.29, 0.717) is 12.0 Å². The molecule has 92 valence electrons. The van der Waals surface area contributed by atoms with Crippen LogP contribution in [-0.4, -0.2) is 15.6 Å². The van der Waals surface area contributed by atoms with Crippen LogP contribution in [0.1, 0.15) is 29.6 Å². The Morgan fingerprint density at radius 2 is 2.11 bits per heavy atom. The summed E-state index contributed by atoms with van der Waals surface area (Å²) in [5.74, 6) is 0.138. The number of Topliss-reactive ketones (excluding diaryl/α,β-unsaturated/α-hetero) is 1. The molecule has 0 atom stereocenters. The quantitative estimate of drug-likeness (QED) is 0.440. The molecule has 3 heteroatoms. The molecule has 0 bridgehead atoms. The lowest BCUT2D eigenvalue weighted by Crippen LogP contribution is -1.97. The molecule has 3 nitrogen and oxygen atoms in total. The van der Waals surface area contributed by atoms with Gasteiger partial charge in [-0.2, -0.15) is 5.10 Å². The molecular formula is C15H16N2O. The predicted molar refractivity (Wildman–Crippen MR) is 71.9 cm³/mol. The van der Waals surface area contributed by atoms with Gasteiger partial charge in [-0.1, -0.05) is 24.3 Å². The van der Waals surface area contributed by atoms with E-state index in [4.69, 9.17) is 0 Å². The minimum absolute atomic E-state index is 0.138. The third-order valence-electron chi connectivity index (χ3n) is 2.74. The third kappa shape index (κ3) is 2.94. The first-order valence-electron chi connectivity index (χ1n) is 6.05. The van der Waals surface area contributed by atoms with Gasteiger partial charge in [0.05, 0.1) is 17.4 Å². The summed E-state index contributed by atoms with van der Waals surface area (Å²) < 4.78 is 1.72. The number of unbranched alkanes of at least 4 members (excludes halogenated alkanes) is 1. The van der Waals surface area contributed by atoms with Crippen molar-refractivity contribution in [3.63, 3.8) is 0 Å². The summed E-state index contributed by atoms with van der Waals surface area (Å²) in [6.45, 7) is 3.65. The lowest BCUT2D eigenvalue weighted by molar-refractivity contribution is 0.0980. The van der Waals surface area contributed by atoms with E-state index in [2.05, 4.69) is 11.7 Å². The van der Waals surface area contributed by atoms with Crippen LogP contribution in [0.25, 0.3) is 5.69 Å². The summed E-state index contributed by atoms with van der Waals surface area (Å²) in [5, 5.41) is 4.21. The number of hydrogen-bond acceptors (Lipinski definition) is 2. The van der Waals surface area contributed by atoms with Crippen LogP contribution in [-0.2, 0) is 0 Å². The standard InChI is InChI=1S/C15H16N2O/c1-2-3-5-10-15(18)13-11-16-17(12-13)14-8-6-4-7-9-14/h2,4,6-9,11-12H,1,3,5,10H2. The summed E-state index contributed by atoms with van der Waals surface area (Å²) in [6, 6.07) is 9.76. The number of ketones is 1. The Kier molecular flexibility index (Phi) is 4.07. The fourth-order valence-corrected chi connectivity index (χ4v) is 1.74. The van der Waals surface area contributed by atoms with Crippen molar-refractivity contribution in [3.8, 4) is 5.69 Å². The molecule has 0 saturated heterocycles. The van der Waals surface area contributed by atoms with Gasteiger partial charge in [0.25, 0.3) is 0 Å². The molecule has 0 radical (unpaired) electrons. The Hall–Kier alpha value is -2.16. The number of nitrogens with zero attached hydrogens (tertiary/aromatic N) is 2. The molecule has 1 heterocycles. The number of allylic oxidation sites excluding steroid dienone is 1. The van der Waals surface area contributed by atoms with Gasteiger partial charge in [-0.15, -0.1) is 6.58 Å². The van der Waals surface area contributed by atoms with Crippen molar-refractivity contribution in [2.75, 3.05) is 0 Å². The molecule has 0 aliphatic carbocycles. The van der Waals surface area contributed by atoms with E-state index in [9.17, 15) is 4.79 Å². The summed E-state index contributed by atoms with van der Waals surface area (Å²) in [6.07, 6.45) is 7.51. The second-order valence-corrected chi connectivity index (χ2v) is 4.11. The van der Waals surface area contributed by atoms with Gasteiger partial charge in [-0.3, -0.25) is 4.79 Å². The lowest BCUT2D eigenvalue weighted by atomic mass is 10.1. The highest BCUT2D eigenvalue weighted by Gasteiger charge is 2.08. The Morgan fingerprint density at radius 3 is 2.83 bits per heavy atom. The third-order valence-corrected chi connectivity index (χ3v) is 2.74. The SMILES string of the molecule is C=CCCCC(=O)c1cnn(-c2ccccc2)c1. The number of aromatic nitrogens is 2. The second kappa shape index (κ2) is 5.96. The van der Waals surface area contributed by atoms with Crippen molar-refractivity contribution >= 4 is 5.78 Å². The fraction of sp³-hybridized carbons (Fsp3) is 0.200. The van der Waals surface area contributed by atoms with Gasteiger partial charge < -0.3 is 0 Å².